The zero-order valence-electron chi connectivity index (χ0n) is 16.3. The Hall–Kier alpha value is -4.07. The van der Waals surface area contributed by atoms with Gasteiger partial charge in [-0.25, -0.2) is 0 Å². The second-order valence-corrected chi connectivity index (χ2v) is 6.83. The van der Waals surface area contributed by atoms with E-state index < -0.39 is 6.10 Å². The first-order chi connectivity index (χ1) is 14.6. The van der Waals surface area contributed by atoms with Crippen LogP contribution in [0.4, 0.5) is 5.69 Å². The van der Waals surface area contributed by atoms with Gasteiger partial charge in [0.05, 0.1) is 12.8 Å². The number of anilines is 1. The molecule has 5 aromatic rings. The number of amides is 1. The first-order valence-corrected chi connectivity index (χ1v) is 9.42. The quantitative estimate of drug-likeness (QED) is 0.481. The van der Waals surface area contributed by atoms with Gasteiger partial charge in [0.1, 0.15) is 27.9 Å². The molecule has 30 heavy (non-hydrogen) atoms. The maximum Gasteiger partial charge on any atom is 0.268 e. The molecule has 8 nitrogen and oxygen atoms in total. The van der Waals surface area contributed by atoms with Crippen LogP contribution in [0.25, 0.3) is 33.0 Å². The number of fused-ring (bicyclic) bond motifs is 4. The van der Waals surface area contributed by atoms with Crippen LogP contribution >= 0.6 is 0 Å². The lowest BCUT2D eigenvalue weighted by molar-refractivity contribution is -0.127. The minimum Gasteiger partial charge on any atom is -0.495 e. The summed E-state index contributed by atoms with van der Waals surface area (Å²) < 4.78 is 11.4. The molecule has 0 aliphatic heterocycles. The van der Waals surface area contributed by atoms with Crippen LogP contribution in [0.3, 0.4) is 0 Å². The summed E-state index contributed by atoms with van der Waals surface area (Å²) in [4.78, 5) is 19.7. The number of hydrogen-bond donors (Lipinski definition) is 1. The summed E-state index contributed by atoms with van der Waals surface area (Å²) in [5.41, 5.74) is 3.28. The van der Waals surface area contributed by atoms with Gasteiger partial charge in [-0.2, -0.15) is 0 Å². The number of benzene rings is 3. The van der Waals surface area contributed by atoms with Gasteiger partial charge in [0.15, 0.2) is 0 Å². The Bertz CT molecular complexity index is 1390. The molecular weight excluding hydrogens is 384 g/mol. The lowest BCUT2D eigenvalue weighted by Crippen LogP contribution is -2.35. The van der Waals surface area contributed by atoms with Crippen molar-refractivity contribution in [2.45, 2.75) is 13.0 Å². The molecule has 0 aliphatic rings. The summed E-state index contributed by atoms with van der Waals surface area (Å²) in [6.07, 6.45) is -0.828. The van der Waals surface area contributed by atoms with E-state index in [1.807, 2.05) is 54.6 Å². The van der Waals surface area contributed by atoms with Crippen LogP contribution in [0.15, 0.2) is 65.1 Å². The Labute approximate surface area is 170 Å². The minimum absolute atomic E-state index is 0.358. The predicted octanol–water partition coefficient (Wildman–Crippen LogP) is 3.80. The number of nitrogens with one attached hydrogen (secondary N) is 1. The predicted molar refractivity (Wildman–Crippen MR) is 112 cm³/mol. The van der Waals surface area contributed by atoms with Crippen molar-refractivity contribution in [3.63, 3.8) is 0 Å². The fourth-order valence-electron chi connectivity index (χ4n) is 3.38. The van der Waals surface area contributed by atoms with Crippen LogP contribution in [0.5, 0.6) is 5.75 Å². The Morgan fingerprint density at radius 3 is 2.73 bits per heavy atom. The third-order valence-electron chi connectivity index (χ3n) is 4.91. The Morgan fingerprint density at radius 2 is 1.87 bits per heavy atom. The molecule has 1 N–H and O–H groups in total. The number of nitrogens with zero attached hydrogens (tertiary/aromatic N) is 3. The van der Waals surface area contributed by atoms with Crippen molar-refractivity contribution < 1.29 is 18.8 Å². The summed E-state index contributed by atoms with van der Waals surface area (Å²) in [6.45, 7) is 1.64. The Kier molecular flexibility index (Phi) is 4.24. The lowest BCUT2D eigenvalue weighted by Gasteiger charge is -2.15. The van der Waals surface area contributed by atoms with Crippen molar-refractivity contribution in [2.75, 3.05) is 12.4 Å². The number of carbonyl (C=O) groups is 1. The van der Waals surface area contributed by atoms with Crippen molar-refractivity contribution in [2.24, 2.45) is 0 Å². The van der Waals surface area contributed by atoms with Crippen molar-refractivity contribution in [1.29, 1.82) is 0 Å². The third-order valence-corrected chi connectivity index (χ3v) is 4.91. The first kappa shape index (κ1) is 18.0. The highest BCUT2D eigenvalue weighted by molar-refractivity contribution is 6.08. The highest BCUT2D eigenvalue weighted by atomic mass is 16.7. The van der Waals surface area contributed by atoms with Gasteiger partial charge >= 0.3 is 0 Å². The monoisotopic (exact) mass is 402 g/mol. The van der Waals surface area contributed by atoms with Gasteiger partial charge in [-0.05, 0) is 36.4 Å². The van der Waals surface area contributed by atoms with Crippen molar-refractivity contribution in [3.8, 4) is 5.75 Å². The molecule has 0 unspecified atom stereocenters. The molecule has 0 saturated carbocycles. The standard InChI is InChI=1S/C22H18N4O4/c1-13(30-26-18-9-5-4-8-16(18)24-25-26)22(27)23-17-12-20-15(11-21(17)28-2)14-7-3-6-10-19(14)29-20/h3-13H,1-2H3,(H,23,27)/t13-/m0/s1. The van der Waals surface area contributed by atoms with Gasteiger partial charge in [0, 0.05) is 16.8 Å². The van der Waals surface area contributed by atoms with E-state index in [4.69, 9.17) is 14.0 Å². The first-order valence-electron chi connectivity index (χ1n) is 9.42. The summed E-state index contributed by atoms with van der Waals surface area (Å²) >= 11 is 0. The van der Waals surface area contributed by atoms with Crippen LogP contribution < -0.4 is 14.9 Å². The van der Waals surface area contributed by atoms with E-state index in [2.05, 4.69) is 15.6 Å². The fourth-order valence-corrected chi connectivity index (χ4v) is 3.38. The number of para-hydroxylation sites is 2. The number of furan rings is 1. The molecule has 2 heterocycles. The highest BCUT2D eigenvalue weighted by Gasteiger charge is 2.20. The number of aromatic nitrogens is 3. The molecule has 0 spiro atoms. The van der Waals surface area contributed by atoms with Gasteiger partial charge < -0.3 is 19.3 Å². The van der Waals surface area contributed by atoms with E-state index in [0.29, 0.717) is 28.1 Å². The molecule has 0 radical (unpaired) electrons. The molecule has 1 atom stereocenters. The topological polar surface area (TPSA) is 91.4 Å². The second-order valence-electron chi connectivity index (χ2n) is 6.83. The van der Waals surface area contributed by atoms with E-state index in [0.717, 1.165) is 16.4 Å². The molecule has 0 bridgehead atoms. The maximum atomic E-state index is 12.8. The summed E-state index contributed by atoms with van der Waals surface area (Å²) in [6, 6.07) is 18.7. The highest BCUT2D eigenvalue weighted by Crippen LogP contribution is 2.36. The summed E-state index contributed by atoms with van der Waals surface area (Å²) in [7, 11) is 1.56. The second kappa shape index (κ2) is 7.07. The molecule has 0 saturated heterocycles. The SMILES string of the molecule is COc1cc2c(cc1NC(=O)[C@H](C)On1nnc3ccccc31)oc1ccccc12. The molecule has 3 aromatic carbocycles. The molecule has 0 fully saturated rings. The van der Waals surface area contributed by atoms with E-state index in [9.17, 15) is 4.79 Å². The minimum atomic E-state index is -0.828. The number of ether oxygens (including phenoxy) is 1. The molecule has 0 aliphatic carbocycles. The van der Waals surface area contributed by atoms with Crippen molar-refractivity contribution >= 4 is 44.6 Å². The zero-order chi connectivity index (χ0) is 20.7. The number of hydrogen-bond acceptors (Lipinski definition) is 6. The third kappa shape index (κ3) is 2.98. The number of rotatable bonds is 5. The van der Waals surface area contributed by atoms with Crippen LogP contribution in [0.1, 0.15) is 6.92 Å². The molecular formula is C22H18N4O4. The van der Waals surface area contributed by atoms with Crippen LogP contribution in [0, 0.1) is 0 Å². The Morgan fingerprint density at radius 1 is 1.07 bits per heavy atom. The lowest BCUT2D eigenvalue weighted by atomic mass is 10.1. The maximum absolute atomic E-state index is 12.8. The van der Waals surface area contributed by atoms with E-state index in [1.165, 1.54) is 4.85 Å². The normalized spacial score (nSPS) is 12.3. The van der Waals surface area contributed by atoms with Crippen molar-refractivity contribution in [3.05, 3.63) is 60.7 Å². The van der Waals surface area contributed by atoms with Crippen LogP contribution in [0.2, 0.25) is 0 Å². The van der Waals surface area contributed by atoms with Crippen LogP contribution in [-0.2, 0) is 4.79 Å². The van der Waals surface area contributed by atoms with Crippen molar-refractivity contribution in [1.82, 2.24) is 15.2 Å². The van der Waals surface area contributed by atoms with Gasteiger partial charge in [-0.1, -0.05) is 35.2 Å². The van der Waals surface area contributed by atoms with Gasteiger partial charge in [-0.3, -0.25) is 4.79 Å². The zero-order valence-corrected chi connectivity index (χ0v) is 16.3. The molecule has 150 valence electrons. The van der Waals surface area contributed by atoms with E-state index >= 15 is 0 Å². The largest absolute Gasteiger partial charge is 0.495 e. The molecule has 5 rings (SSSR count). The average molecular weight is 402 g/mol. The molecule has 2 aromatic heterocycles. The summed E-state index contributed by atoms with van der Waals surface area (Å²) in [5.74, 6) is 0.171. The van der Waals surface area contributed by atoms with Gasteiger partial charge in [0.25, 0.3) is 5.91 Å². The fraction of sp³-hybridized carbons (Fsp3) is 0.136. The smallest absolute Gasteiger partial charge is 0.268 e. The molecule has 8 heteroatoms. The van der Waals surface area contributed by atoms with Gasteiger partial charge in [0.2, 0.25) is 6.10 Å². The Balaban J connectivity index is 1.42. The van der Waals surface area contributed by atoms with Gasteiger partial charge in [-0.15, -0.1) is 5.10 Å². The van der Waals surface area contributed by atoms with E-state index in [-0.39, 0.29) is 5.91 Å². The number of carbonyl (C=O) groups excluding carboxylic acids is 1. The summed E-state index contributed by atoms with van der Waals surface area (Å²) in [5, 5.41) is 12.7. The van der Waals surface area contributed by atoms with E-state index in [1.54, 1.807) is 20.1 Å². The average Bonchev–Trinajstić information content (AvgIpc) is 3.34. The molecule has 1 amide bonds. The number of methoxy groups -OCH3 is 1. The van der Waals surface area contributed by atoms with Crippen LogP contribution in [-0.4, -0.2) is 34.3 Å².